The summed E-state index contributed by atoms with van der Waals surface area (Å²) in [4.78, 5) is 25.0. The standard InChI is InChI=1S/C21H19F3N6O3S2/c1-3-35(32,33)20-16(28-15-8-12(6-7-30(15)20)26-19(31)11-4-5-11)18-27-14-9-13(34-21(22,23)24)10-25-17(14)29(18)2/h6-11H,3-5H2,1-2H3,(H,26,31). The highest BCUT2D eigenvalue weighted by Crippen LogP contribution is 2.38. The van der Waals surface area contributed by atoms with E-state index in [2.05, 4.69) is 20.3 Å². The maximum Gasteiger partial charge on any atom is 0.446 e. The van der Waals surface area contributed by atoms with Crippen molar-refractivity contribution < 1.29 is 26.4 Å². The predicted molar refractivity (Wildman–Crippen MR) is 124 cm³/mol. The van der Waals surface area contributed by atoms with Crippen LogP contribution in [0.2, 0.25) is 0 Å². The van der Waals surface area contributed by atoms with Crippen LogP contribution >= 0.6 is 11.8 Å². The van der Waals surface area contributed by atoms with E-state index >= 15 is 0 Å². The van der Waals surface area contributed by atoms with Gasteiger partial charge in [-0.25, -0.2) is 23.4 Å². The Morgan fingerprint density at radius 2 is 2.00 bits per heavy atom. The predicted octanol–water partition coefficient (Wildman–Crippen LogP) is 4.04. The van der Waals surface area contributed by atoms with Gasteiger partial charge < -0.3 is 9.88 Å². The van der Waals surface area contributed by atoms with Crippen molar-refractivity contribution in [3.05, 3.63) is 30.6 Å². The van der Waals surface area contributed by atoms with E-state index in [1.807, 2.05) is 0 Å². The summed E-state index contributed by atoms with van der Waals surface area (Å²) < 4.78 is 67.4. The first-order valence-corrected chi connectivity index (χ1v) is 13.1. The minimum atomic E-state index is -4.48. The molecular formula is C21H19F3N6O3S2. The van der Waals surface area contributed by atoms with Crippen LogP contribution in [0.15, 0.2) is 40.5 Å². The molecular weight excluding hydrogens is 505 g/mol. The Hall–Kier alpha value is -3.13. The molecule has 1 saturated carbocycles. The van der Waals surface area contributed by atoms with E-state index in [9.17, 15) is 26.4 Å². The van der Waals surface area contributed by atoms with Crippen LogP contribution in [0.3, 0.4) is 0 Å². The normalized spacial score (nSPS) is 14.7. The zero-order chi connectivity index (χ0) is 25.1. The highest BCUT2D eigenvalue weighted by molar-refractivity contribution is 8.00. The molecule has 1 aliphatic rings. The highest BCUT2D eigenvalue weighted by Gasteiger charge is 2.32. The second kappa shape index (κ2) is 8.22. The Morgan fingerprint density at radius 1 is 1.26 bits per heavy atom. The summed E-state index contributed by atoms with van der Waals surface area (Å²) in [6.07, 6.45) is 4.28. The van der Waals surface area contributed by atoms with Crippen LogP contribution in [-0.4, -0.2) is 49.5 Å². The van der Waals surface area contributed by atoms with Crippen LogP contribution in [0.4, 0.5) is 18.9 Å². The molecule has 35 heavy (non-hydrogen) atoms. The van der Waals surface area contributed by atoms with E-state index in [-0.39, 0.29) is 67.6 Å². The number of carbonyl (C=O) groups is 1. The summed E-state index contributed by atoms with van der Waals surface area (Å²) in [5, 5.41) is 2.71. The van der Waals surface area contributed by atoms with Gasteiger partial charge in [0.05, 0.1) is 5.75 Å². The number of fused-ring (bicyclic) bond motifs is 2. The van der Waals surface area contributed by atoms with Crippen molar-refractivity contribution in [3.63, 3.8) is 0 Å². The molecule has 0 aromatic carbocycles. The molecule has 1 fully saturated rings. The van der Waals surface area contributed by atoms with Gasteiger partial charge in [0.15, 0.2) is 26.3 Å². The number of pyridine rings is 2. The Morgan fingerprint density at radius 3 is 2.66 bits per heavy atom. The number of thioether (sulfide) groups is 1. The molecule has 5 rings (SSSR count). The first-order chi connectivity index (χ1) is 16.5. The number of hydrogen-bond donors (Lipinski definition) is 1. The van der Waals surface area contributed by atoms with Gasteiger partial charge in [-0.2, -0.15) is 13.2 Å². The van der Waals surface area contributed by atoms with Gasteiger partial charge in [-0.3, -0.25) is 9.20 Å². The summed E-state index contributed by atoms with van der Waals surface area (Å²) in [7, 11) is -2.21. The molecule has 4 aromatic heterocycles. The second-order valence-corrected chi connectivity index (χ2v) is 11.5. The number of nitrogens with zero attached hydrogens (tertiary/aromatic N) is 5. The van der Waals surface area contributed by atoms with Crippen LogP contribution in [0.1, 0.15) is 19.8 Å². The van der Waals surface area contributed by atoms with Gasteiger partial charge >= 0.3 is 5.51 Å². The number of anilines is 1. The van der Waals surface area contributed by atoms with Crippen LogP contribution in [0, 0.1) is 5.92 Å². The number of aryl methyl sites for hydroxylation is 1. The van der Waals surface area contributed by atoms with Gasteiger partial charge in [-0.15, -0.1) is 0 Å². The third kappa shape index (κ3) is 4.47. The lowest BCUT2D eigenvalue weighted by molar-refractivity contribution is -0.117. The SMILES string of the molecule is CCS(=O)(=O)c1c(-c2nc3cc(SC(F)(F)F)cnc3n2C)nc2cc(NC(=O)C3CC3)ccn12. The molecule has 9 nitrogen and oxygen atoms in total. The zero-order valence-corrected chi connectivity index (χ0v) is 20.1. The second-order valence-electron chi connectivity index (χ2n) is 8.13. The molecule has 0 atom stereocenters. The van der Waals surface area contributed by atoms with E-state index in [1.54, 1.807) is 19.2 Å². The lowest BCUT2D eigenvalue weighted by atomic mass is 10.3. The van der Waals surface area contributed by atoms with Gasteiger partial charge in [0.2, 0.25) is 5.91 Å². The summed E-state index contributed by atoms with van der Waals surface area (Å²) in [5.74, 6) is -0.175. The Balaban J connectivity index is 1.66. The van der Waals surface area contributed by atoms with Crippen LogP contribution in [0.5, 0.6) is 0 Å². The number of carbonyl (C=O) groups excluding carboxylic acids is 1. The van der Waals surface area contributed by atoms with Crippen LogP contribution in [-0.2, 0) is 21.7 Å². The fraction of sp³-hybridized carbons (Fsp3) is 0.333. The number of alkyl halides is 3. The van der Waals surface area contributed by atoms with Crippen molar-refractivity contribution in [3.8, 4) is 11.5 Å². The average molecular weight is 525 g/mol. The lowest BCUT2D eigenvalue weighted by Gasteiger charge is -2.07. The number of imidazole rings is 2. The van der Waals surface area contributed by atoms with Gasteiger partial charge in [-0.05, 0) is 36.7 Å². The van der Waals surface area contributed by atoms with Crippen molar-refractivity contribution in [1.29, 1.82) is 0 Å². The van der Waals surface area contributed by atoms with Crippen molar-refractivity contribution in [1.82, 2.24) is 23.9 Å². The van der Waals surface area contributed by atoms with E-state index in [0.717, 1.165) is 19.0 Å². The van der Waals surface area contributed by atoms with Crippen molar-refractivity contribution in [2.24, 2.45) is 13.0 Å². The van der Waals surface area contributed by atoms with Gasteiger partial charge in [0.25, 0.3) is 0 Å². The number of hydrogen-bond acceptors (Lipinski definition) is 7. The fourth-order valence-corrected chi connectivity index (χ4v) is 5.43. The average Bonchev–Trinajstić information content (AvgIpc) is 3.49. The molecule has 14 heteroatoms. The molecule has 184 valence electrons. The number of aromatic nitrogens is 5. The van der Waals surface area contributed by atoms with Crippen LogP contribution < -0.4 is 5.32 Å². The summed E-state index contributed by atoms with van der Waals surface area (Å²) in [6.45, 7) is 1.50. The quantitative estimate of drug-likeness (QED) is 0.379. The number of sulfone groups is 1. The van der Waals surface area contributed by atoms with E-state index in [0.29, 0.717) is 5.69 Å². The molecule has 4 aromatic rings. The third-order valence-electron chi connectivity index (χ3n) is 5.60. The third-order valence-corrected chi connectivity index (χ3v) is 8.03. The molecule has 0 unspecified atom stereocenters. The fourth-order valence-electron chi connectivity index (χ4n) is 3.73. The summed E-state index contributed by atoms with van der Waals surface area (Å²) in [5.41, 5.74) is -3.24. The molecule has 1 N–H and O–H groups in total. The largest absolute Gasteiger partial charge is 0.446 e. The van der Waals surface area contributed by atoms with Crippen LogP contribution in [0.25, 0.3) is 28.3 Å². The first-order valence-electron chi connectivity index (χ1n) is 10.6. The first kappa shape index (κ1) is 23.6. The molecule has 0 spiro atoms. The van der Waals surface area contributed by atoms with Gasteiger partial charge in [0.1, 0.15) is 16.9 Å². The van der Waals surface area contributed by atoms with Crippen molar-refractivity contribution in [2.45, 2.75) is 35.2 Å². The van der Waals surface area contributed by atoms with Crippen molar-refractivity contribution >= 4 is 50.0 Å². The molecule has 0 radical (unpaired) electrons. The lowest BCUT2D eigenvalue weighted by Crippen LogP contribution is -2.13. The summed E-state index contributed by atoms with van der Waals surface area (Å²) in [6, 6.07) is 4.40. The molecule has 1 amide bonds. The topological polar surface area (TPSA) is 111 Å². The number of amides is 1. The van der Waals surface area contributed by atoms with Crippen molar-refractivity contribution in [2.75, 3.05) is 11.1 Å². The minimum Gasteiger partial charge on any atom is -0.326 e. The number of nitrogens with one attached hydrogen (secondary N) is 1. The Bertz CT molecular complexity index is 1590. The number of halogens is 3. The maximum atomic E-state index is 13.1. The minimum absolute atomic E-state index is 0.00883. The molecule has 0 saturated heterocycles. The zero-order valence-electron chi connectivity index (χ0n) is 18.5. The molecule has 1 aliphatic carbocycles. The smallest absolute Gasteiger partial charge is 0.326 e. The number of rotatable bonds is 6. The maximum absolute atomic E-state index is 13.1. The van der Waals surface area contributed by atoms with Gasteiger partial charge in [0, 0.05) is 42.0 Å². The molecule has 0 bridgehead atoms. The Labute approximate surface area is 201 Å². The van der Waals surface area contributed by atoms with E-state index in [4.69, 9.17) is 0 Å². The monoisotopic (exact) mass is 524 g/mol. The van der Waals surface area contributed by atoms with Gasteiger partial charge in [-0.1, -0.05) is 6.92 Å². The summed E-state index contributed by atoms with van der Waals surface area (Å²) >= 11 is -0.308. The molecule has 4 heterocycles. The Kier molecular flexibility index (Phi) is 5.55. The highest BCUT2D eigenvalue weighted by atomic mass is 32.2. The van der Waals surface area contributed by atoms with E-state index in [1.165, 1.54) is 28.2 Å². The van der Waals surface area contributed by atoms with E-state index < -0.39 is 15.3 Å². The molecule has 0 aliphatic heterocycles.